The van der Waals surface area contributed by atoms with E-state index in [9.17, 15) is 4.57 Å². The molecule has 1 N–H and O–H groups in total. The van der Waals surface area contributed by atoms with Crippen molar-refractivity contribution >= 4 is 7.75 Å². The highest BCUT2D eigenvalue weighted by Crippen LogP contribution is 2.45. The van der Waals surface area contributed by atoms with Crippen molar-refractivity contribution in [3.05, 3.63) is 0 Å². The summed E-state index contributed by atoms with van der Waals surface area (Å²) < 4.78 is 22.5. The molecule has 1 aliphatic carbocycles. The van der Waals surface area contributed by atoms with Crippen LogP contribution in [0.15, 0.2) is 0 Å². The van der Waals surface area contributed by atoms with Gasteiger partial charge in [-0.05, 0) is 26.7 Å². The van der Waals surface area contributed by atoms with Crippen LogP contribution in [0, 0.1) is 0 Å². The molecule has 0 aromatic rings. The quantitative estimate of drug-likeness (QED) is 0.719. The number of nitrogens with one attached hydrogen (secondary N) is 1. The Kier molecular flexibility index (Phi) is 5.83. The second kappa shape index (κ2) is 6.64. The van der Waals surface area contributed by atoms with Crippen LogP contribution >= 0.6 is 7.75 Å². The molecule has 1 saturated carbocycles. The van der Waals surface area contributed by atoms with Crippen molar-refractivity contribution in [2.75, 3.05) is 13.2 Å². The fourth-order valence-corrected chi connectivity index (χ4v) is 3.52. The summed E-state index contributed by atoms with van der Waals surface area (Å²) in [6.07, 6.45) is 5.84. The smallest absolute Gasteiger partial charge is 0.297 e. The molecular formula is C10H22NO3P. The molecular weight excluding hydrogens is 213 g/mol. The standard InChI is InChI=1S/C10H22NO3P/c1-3-13-15(12,14-4-2)11-10-8-6-5-7-9-10/h10H,3-9H2,1-2H3,(H,11,12). The minimum Gasteiger partial charge on any atom is -0.297 e. The third kappa shape index (κ3) is 4.64. The molecule has 90 valence electrons. The maximum Gasteiger partial charge on any atom is 0.405 e. The Morgan fingerprint density at radius 3 is 2.13 bits per heavy atom. The predicted molar refractivity (Wildman–Crippen MR) is 60.9 cm³/mol. The van der Waals surface area contributed by atoms with Crippen molar-refractivity contribution < 1.29 is 13.6 Å². The van der Waals surface area contributed by atoms with E-state index >= 15 is 0 Å². The molecule has 0 heterocycles. The van der Waals surface area contributed by atoms with Gasteiger partial charge in [-0.2, -0.15) is 0 Å². The molecule has 0 atom stereocenters. The summed E-state index contributed by atoms with van der Waals surface area (Å²) in [4.78, 5) is 0. The van der Waals surface area contributed by atoms with E-state index < -0.39 is 7.75 Å². The highest BCUT2D eigenvalue weighted by molar-refractivity contribution is 7.51. The van der Waals surface area contributed by atoms with Crippen LogP contribution < -0.4 is 5.09 Å². The number of hydrogen-bond acceptors (Lipinski definition) is 3. The lowest BCUT2D eigenvalue weighted by Gasteiger charge is -2.27. The van der Waals surface area contributed by atoms with Gasteiger partial charge >= 0.3 is 7.75 Å². The molecule has 0 radical (unpaired) electrons. The molecule has 0 amide bonds. The van der Waals surface area contributed by atoms with E-state index in [0.29, 0.717) is 19.3 Å². The highest BCUT2D eigenvalue weighted by Gasteiger charge is 2.28. The molecule has 0 unspecified atom stereocenters. The first kappa shape index (κ1) is 13.2. The summed E-state index contributed by atoms with van der Waals surface area (Å²) in [5, 5.41) is 3.05. The monoisotopic (exact) mass is 235 g/mol. The highest BCUT2D eigenvalue weighted by atomic mass is 31.2. The molecule has 0 aromatic carbocycles. The van der Waals surface area contributed by atoms with Gasteiger partial charge in [0.05, 0.1) is 13.2 Å². The average Bonchev–Trinajstić information content (AvgIpc) is 2.19. The van der Waals surface area contributed by atoms with E-state index in [1.165, 1.54) is 19.3 Å². The predicted octanol–water partition coefficient (Wildman–Crippen LogP) is 3.09. The Morgan fingerprint density at radius 2 is 1.67 bits per heavy atom. The zero-order valence-electron chi connectivity index (χ0n) is 9.70. The van der Waals surface area contributed by atoms with E-state index in [2.05, 4.69) is 5.09 Å². The summed E-state index contributed by atoms with van der Waals surface area (Å²) in [7, 11) is -3.04. The lowest BCUT2D eigenvalue weighted by atomic mass is 9.96. The van der Waals surface area contributed by atoms with Gasteiger partial charge in [0.2, 0.25) is 0 Å². The normalized spacial score (nSPS) is 19.3. The summed E-state index contributed by atoms with van der Waals surface area (Å²) in [6.45, 7) is 4.48. The van der Waals surface area contributed by atoms with Crippen LogP contribution in [0.3, 0.4) is 0 Å². The minimum absolute atomic E-state index is 0.294. The Labute approximate surface area is 92.3 Å². The molecule has 0 aliphatic heterocycles. The van der Waals surface area contributed by atoms with Crippen molar-refractivity contribution in [2.45, 2.75) is 52.0 Å². The maximum atomic E-state index is 12.1. The van der Waals surface area contributed by atoms with Crippen molar-refractivity contribution in [3.63, 3.8) is 0 Å². The molecule has 4 nitrogen and oxygen atoms in total. The second-order valence-electron chi connectivity index (χ2n) is 3.80. The van der Waals surface area contributed by atoms with Crippen LogP contribution in [0.2, 0.25) is 0 Å². The van der Waals surface area contributed by atoms with E-state index in [1.54, 1.807) is 0 Å². The molecule has 15 heavy (non-hydrogen) atoms. The third-order valence-corrected chi connectivity index (χ3v) is 4.42. The van der Waals surface area contributed by atoms with Gasteiger partial charge < -0.3 is 0 Å². The third-order valence-electron chi connectivity index (χ3n) is 2.54. The zero-order chi connectivity index (χ0) is 11.1. The topological polar surface area (TPSA) is 47.6 Å². The maximum absolute atomic E-state index is 12.1. The zero-order valence-corrected chi connectivity index (χ0v) is 10.6. The van der Waals surface area contributed by atoms with Gasteiger partial charge in [0.1, 0.15) is 0 Å². The van der Waals surface area contributed by atoms with Gasteiger partial charge in [0.15, 0.2) is 0 Å². The summed E-state index contributed by atoms with van der Waals surface area (Å²) in [5.74, 6) is 0. The fourth-order valence-electron chi connectivity index (χ4n) is 1.91. The van der Waals surface area contributed by atoms with E-state index in [0.717, 1.165) is 12.8 Å². The van der Waals surface area contributed by atoms with Gasteiger partial charge in [-0.1, -0.05) is 19.3 Å². The van der Waals surface area contributed by atoms with Gasteiger partial charge in [0, 0.05) is 6.04 Å². The van der Waals surface area contributed by atoms with Crippen LogP contribution in [-0.4, -0.2) is 19.3 Å². The van der Waals surface area contributed by atoms with Crippen molar-refractivity contribution in [3.8, 4) is 0 Å². The van der Waals surface area contributed by atoms with Crippen LogP contribution in [0.5, 0.6) is 0 Å². The molecule has 1 fully saturated rings. The molecule has 0 bridgehead atoms. The molecule has 1 rings (SSSR count). The van der Waals surface area contributed by atoms with Crippen LogP contribution in [-0.2, 0) is 13.6 Å². The fraction of sp³-hybridized carbons (Fsp3) is 1.00. The number of hydrogen-bond donors (Lipinski definition) is 1. The molecule has 5 heteroatoms. The summed E-state index contributed by atoms with van der Waals surface area (Å²) >= 11 is 0. The second-order valence-corrected chi connectivity index (χ2v) is 5.57. The SMILES string of the molecule is CCOP(=O)(NC1CCCCC1)OCC. The summed E-state index contributed by atoms with van der Waals surface area (Å²) in [5.41, 5.74) is 0. The first-order chi connectivity index (χ1) is 7.20. The average molecular weight is 235 g/mol. The van der Waals surface area contributed by atoms with Crippen molar-refractivity contribution in [2.24, 2.45) is 0 Å². The minimum atomic E-state index is -3.04. The first-order valence-electron chi connectivity index (χ1n) is 5.87. The largest absolute Gasteiger partial charge is 0.405 e. The van der Waals surface area contributed by atoms with Crippen molar-refractivity contribution in [1.29, 1.82) is 0 Å². The van der Waals surface area contributed by atoms with E-state index in [4.69, 9.17) is 9.05 Å². The first-order valence-corrected chi connectivity index (χ1v) is 7.41. The Balaban J connectivity index is 2.45. The Morgan fingerprint density at radius 1 is 1.13 bits per heavy atom. The van der Waals surface area contributed by atoms with Crippen LogP contribution in [0.4, 0.5) is 0 Å². The molecule has 0 aromatic heterocycles. The molecule has 0 saturated heterocycles. The van der Waals surface area contributed by atoms with Gasteiger partial charge in [-0.25, -0.2) is 9.65 Å². The van der Waals surface area contributed by atoms with E-state index in [-0.39, 0.29) is 0 Å². The molecule has 1 aliphatic rings. The van der Waals surface area contributed by atoms with Gasteiger partial charge in [-0.3, -0.25) is 9.05 Å². The van der Waals surface area contributed by atoms with E-state index in [1.807, 2.05) is 13.8 Å². The van der Waals surface area contributed by atoms with Crippen LogP contribution in [0.1, 0.15) is 46.0 Å². The summed E-state index contributed by atoms with van der Waals surface area (Å²) in [6, 6.07) is 0.294. The van der Waals surface area contributed by atoms with Gasteiger partial charge in [-0.15, -0.1) is 0 Å². The number of rotatable bonds is 6. The molecule has 0 spiro atoms. The Bertz CT molecular complexity index is 207. The Hall–Kier alpha value is 0.110. The lowest BCUT2D eigenvalue weighted by molar-refractivity contribution is 0.202. The van der Waals surface area contributed by atoms with Crippen LogP contribution in [0.25, 0.3) is 0 Å². The lowest BCUT2D eigenvalue weighted by Crippen LogP contribution is -2.30. The van der Waals surface area contributed by atoms with Crippen molar-refractivity contribution in [1.82, 2.24) is 5.09 Å². The van der Waals surface area contributed by atoms with Gasteiger partial charge in [0.25, 0.3) is 0 Å².